The molecule has 1 atom stereocenters. The maximum Gasteiger partial charge on any atom is 0.338 e. The zero-order chi connectivity index (χ0) is 23.5. The summed E-state index contributed by atoms with van der Waals surface area (Å²) in [6, 6.07) is 16.5. The summed E-state index contributed by atoms with van der Waals surface area (Å²) in [5.74, 6) is 0.257. The quantitative estimate of drug-likeness (QED) is 0.525. The van der Waals surface area contributed by atoms with Crippen LogP contribution in [0.25, 0.3) is 6.08 Å². The van der Waals surface area contributed by atoms with E-state index in [2.05, 4.69) is 4.99 Å². The van der Waals surface area contributed by atoms with Crippen LogP contribution in [0, 0.1) is 0 Å². The number of thiazole rings is 1. The Morgan fingerprint density at radius 3 is 2.48 bits per heavy atom. The van der Waals surface area contributed by atoms with E-state index in [9.17, 15) is 9.59 Å². The molecule has 1 aliphatic heterocycles. The Bertz CT molecular complexity index is 1370. The molecule has 1 aliphatic rings. The van der Waals surface area contributed by atoms with Gasteiger partial charge in [-0.25, -0.2) is 9.79 Å². The summed E-state index contributed by atoms with van der Waals surface area (Å²) in [5, 5.41) is 0. The van der Waals surface area contributed by atoms with Crippen molar-refractivity contribution < 1.29 is 14.3 Å². The Morgan fingerprint density at radius 2 is 1.85 bits per heavy atom. The van der Waals surface area contributed by atoms with Gasteiger partial charge >= 0.3 is 5.97 Å². The van der Waals surface area contributed by atoms with E-state index < -0.39 is 12.0 Å². The van der Waals surface area contributed by atoms with Gasteiger partial charge < -0.3 is 9.47 Å². The van der Waals surface area contributed by atoms with E-state index in [1.807, 2.05) is 67.6 Å². The number of esters is 1. The molecule has 0 bridgehead atoms. The first-order valence-electron chi connectivity index (χ1n) is 10.9. The summed E-state index contributed by atoms with van der Waals surface area (Å²) in [5.41, 5.74) is 2.44. The minimum absolute atomic E-state index is 0.191. The molecule has 33 heavy (non-hydrogen) atoms. The second kappa shape index (κ2) is 9.58. The highest BCUT2D eigenvalue weighted by molar-refractivity contribution is 7.07. The summed E-state index contributed by atoms with van der Waals surface area (Å²) in [6.07, 6.45) is 1.56. The van der Waals surface area contributed by atoms with Crippen LogP contribution in [0.3, 0.4) is 0 Å². The average Bonchev–Trinajstić information content (AvgIpc) is 3.08. The highest BCUT2D eigenvalue weighted by Crippen LogP contribution is 2.31. The van der Waals surface area contributed by atoms with E-state index in [-0.39, 0.29) is 11.7 Å². The van der Waals surface area contributed by atoms with Gasteiger partial charge in [0.15, 0.2) is 4.80 Å². The molecular formula is C26H26N2O4S. The van der Waals surface area contributed by atoms with Crippen molar-refractivity contribution >= 4 is 23.4 Å². The Balaban J connectivity index is 1.91. The highest BCUT2D eigenvalue weighted by Gasteiger charge is 2.33. The number of allylic oxidation sites excluding steroid dienone is 1. The summed E-state index contributed by atoms with van der Waals surface area (Å²) < 4.78 is 13.3. The maximum atomic E-state index is 13.6. The number of aromatic nitrogens is 1. The van der Waals surface area contributed by atoms with E-state index >= 15 is 0 Å². The zero-order valence-electron chi connectivity index (χ0n) is 19.1. The lowest BCUT2D eigenvalue weighted by atomic mass is 9.96. The minimum atomic E-state index is -0.638. The third-order valence-corrected chi connectivity index (χ3v) is 6.17. The maximum absolute atomic E-state index is 13.6. The number of fused-ring (bicyclic) bond motifs is 1. The van der Waals surface area contributed by atoms with Crippen LogP contribution >= 0.6 is 11.3 Å². The first-order valence-corrected chi connectivity index (χ1v) is 11.7. The first-order chi connectivity index (χ1) is 15.9. The number of hydrogen-bond donors (Lipinski definition) is 0. The van der Waals surface area contributed by atoms with Gasteiger partial charge in [0, 0.05) is 0 Å². The second-order valence-electron chi connectivity index (χ2n) is 7.95. The van der Waals surface area contributed by atoms with Gasteiger partial charge in [0.2, 0.25) is 0 Å². The van der Waals surface area contributed by atoms with E-state index in [1.165, 1.54) is 11.3 Å². The minimum Gasteiger partial charge on any atom is -0.494 e. The Hall–Kier alpha value is -3.45. The molecule has 2 aromatic carbocycles. The van der Waals surface area contributed by atoms with E-state index in [0.29, 0.717) is 27.2 Å². The molecule has 2 heterocycles. The molecule has 0 spiro atoms. The fraction of sp³-hybridized carbons (Fsp3) is 0.269. The van der Waals surface area contributed by atoms with Crippen molar-refractivity contribution in [3.05, 3.63) is 96.7 Å². The molecule has 0 unspecified atom stereocenters. The number of benzene rings is 2. The standard InChI is InChI=1S/C26H26N2O4S/c1-5-31-20-13-11-19(12-14-20)23-22(25(30)32-16(2)3)17(4)27-26-28(23)24(29)21(33-26)15-18-9-7-6-8-10-18/h6-16,23H,5H2,1-4H3/b21-15+/t23-/m0/s1. The van der Waals surface area contributed by atoms with Gasteiger partial charge in [0.25, 0.3) is 5.56 Å². The molecule has 6 nitrogen and oxygen atoms in total. The van der Waals surface area contributed by atoms with Crippen molar-refractivity contribution in [1.82, 2.24) is 4.57 Å². The van der Waals surface area contributed by atoms with Gasteiger partial charge in [-0.2, -0.15) is 0 Å². The van der Waals surface area contributed by atoms with Crippen LogP contribution < -0.4 is 19.6 Å². The van der Waals surface area contributed by atoms with E-state index in [4.69, 9.17) is 9.47 Å². The Morgan fingerprint density at radius 1 is 1.15 bits per heavy atom. The number of nitrogens with zero attached hydrogens (tertiary/aromatic N) is 2. The summed E-state index contributed by atoms with van der Waals surface area (Å²) in [4.78, 5) is 31.8. The number of ether oxygens (including phenoxy) is 2. The third kappa shape index (κ3) is 4.68. The van der Waals surface area contributed by atoms with Crippen molar-refractivity contribution in [3.63, 3.8) is 0 Å². The average molecular weight is 463 g/mol. The van der Waals surface area contributed by atoms with Crippen LogP contribution in [0.4, 0.5) is 0 Å². The van der Waals surface area contributed by atoms with Crippen molar-refractivity contribution in [2.45, 2.75) is 39.8 Å². The van der Waals surface area contributed by atoms with Gasteiger partial charge in [-0.05, 0) is 57.0 Å². The van der Waals surface area contributed by atoms with E-state index in [1.54, 1.807) is 25.3 Å². The topological polar surface area (TPSA) is 69.9 Å². The summed E-state index contributed by atoms with van der Waals surface area (Å²) >= 11 is 1.32. The number of hydrogen-bond acceptors (Lipinski definition) is 6. The molecule has 3 aromatic rings. The monoisotopic (exact) mass is 462 g/mol. The molecule has 0 aliphatic carbocycles. The predicted octanol–water partition coefficient (Wildman–Crippen LogP) is 3.59. The smallest absolute Gasteiger partial charge is 0.338 e. The van der Waals surface area contributed by atoms with Gasteiger partial charge in [0.05, 0.1) is 34.6 Å². The summed E-state index contributed by atoms with van der Waals surface area (Å²) in [6.45, 7) is 7.86. The molecule has 1 aromatic heterocycles. The van der Waals surface area contributed by atoms with Crippen LogP contribution in [-0.4, -0.2) is 23.2 Å². The van der Waals surface area contributed by atoms with Gasteiger partial charge in [-0.15, -0.1) is 0 Å². The third-order valence-electron chi connectivity index (χ3n) is 5.19. The van der Waals surface area contributed by atoms with E-state index in [0.717, 1.165) is 16.9 Å². The van der Waals surface area contributed by atoms with Crippen LogP contribution in [0.5, 0.6) is 5.75 Å². The van der Waals surface area contributed by atoms with Crippen molar-refractivity contribution in [2.24, 2.45) is 4.99 Å². The molecule has 0 fully saturated rings. The van der Waals surface area contributed by atoms with Gasteiger partial charge in [0.1, 0.15) is 5.75 Å². The molecule has 0 saturated carbocycles. The molecule has 7 heteroatoms. The molecule has 170 valence electrons. The van der Waals surface area contributed by atoms with Crippen molar-refractivity contribution in [2.75, 3.05) is 6.61 Å². The lowest BCUT2D eigenvalue weighted by Crippen LogP contribution is -2.40. The highest BCUT2D eigenvalue weighted by atomic mass is 32.1. The molecular weight excluding hydrogens is 436 g/mol. The van der Waals surface area contributed by atoms with Gasteiger partial charge in [-0.3, -0.25) is 9.36 Å². The molecule has 0 radical (unpaired) electrons. The van der Waals surface area contributed by atoms with Crippen LogP contribution in [-0.2, 0) is 9.53 Å². The largest absolute Gasteiger partial charge is 0.494 e. The number of carbonyl (C=O) groups is 1. The van der Waals surface area contributed by atoms with Gasteiger partial charge in [-0.1, -0.05) is 53.8 Å². The van der Waals surface area contributed by atoms with Crippen molar-refractivity contribution in [1.29, 1.82) is 0 Å². The molecule has 4 rings (SSSR count). The SMILES string of the molecule is CCOc1ccc([C@H]2C(C(=O)OC(C)C)=C(C)N=c3s/c(=C/c4ccccc4)c(=O)n32)cc1. The van der Waals surface area contributed by atoms with Crippen LogP contribution in [0.1, 0.15) is 44.9 Å². The normalized spacial score (nSPS) is 15.9. The zero-order valence-corrected chi connectivity index (χ0v) is 19.9. The fourth-order valence-electron chi connectivity index (χ4n) is 3.79. The lowest BCUT2D eigenvalue weighted by Gasteiger charge is -2.25. The first kappa shape index (κ1) is 22.7. The number of carbonyl (C=O) groups excluding carboxylic acids is 1. The Labute approximate surface area is 196 Å². The second-order valence-corrected chi connectivity index (χ2v) is 8.96. The van der Waals surface area contributed by atoms with Crippen molar-refractivity contribution in [3.8, 4) is 5.75 Å². The fourth-order valence-corrected chi connectivity index (χ4v) is 4.84. The Kier molecular flexibility index (Phi) is 6.60. The molecule has 0 saturated heterocycles. The summed E-state index contributed by atoms with van der Waals surface area (Å²) in [7, 11) is 0. The van der Waals surface area contributed by atoms with Crippen LogP contribution in [0.2, 0.25) is 0 Å². The number of rotatable bonds is 6. The van der Waals surface area contributed by atoms with Crippen LogP contribution in [0.15, 0.2) is 75.7 Å². The lowest BCUT2D eigenvalue weighted by molar-refractivity contribution is -0.143. The molecule has 0 amide bonds. The molecule has 0 N–H and O–H groups in total. The predicted molar refractivity (Wildman–Crippen MR) is 129 cm³/mol.